The fraction of sp³-hybridized carbons (Fsp3) is 0.889. The van der Waals surface area contributed by atoms with Crippen molar-refractivity contribution < 1.29 is 8.42 Å². The van der Waals surface area contributed by atoms with E-state index in [1.54, 1.807) is 14.0 Å². The summed E-state index contributed by atoms with van der Waals surface area (Å²) in [7, 11) is -1.72. The SMILES string of the molecule is CCC(C(N)=S)S(=O)(=O)N(C)C1CCC1. The molecular formula is C9H18N2O2S2. The first kappa shape index (κ1) is 12.9. The lowest BCUT2D eigenvalue weighted by Gasteiger charge is -2.35. The van der Waals surface area contributed by atoms with Crippen molar-refractivity contribution in [3.05, 3.63) is 0 Å². The van der Waals surface area contributed by atoms with Crippen molar-refractivity contribution in [2.75, 3.05) is 7.05 Å². The zero-order chi connectivity index (χ0) is 11.6. The van der Waals surface area contributed by atoms with Crippen LogP contribution in [0.25, 0.3) is 0 Å². The van der Waals surface area contributed by atoms with Crippen LogP contribution in [0.4, 0.5) is 0 Å². The van der Waals surface area contributed by atoms with E-state index in [0.717, 1.165) is 19.3 Å². The van der Waals surface area contributed by atoms with Crippen LogP contribution in [0.1, 0.15) is 32.6 Å². The second kappa shape index (κ2) is 4.76. The van der Waals surface area contributed by atoms with Gasteiger partial charge in [0.25, 0.3) is 0 Å². The monoisotopic (exact) mass is 250 g/mol. The highest BCUT2D eigenvalue weighted by Crippen LogP contribution is 2.27. The maximum atomic E-state index is 12.1. The second-order valence-corrected chi connectivity index (χ2v) is 6.59. The number of hydrogen-bond donors (Lipinski definition) is 1. The highest BCUT2D eigenvalue weighted by molar-refractivity contribution is 7.92. The molecule has 1 rings (SSSR count). The highest BCUT2D eigenvalue weighted by Gasteiger charge is 2.36. The van der Waals surface area contributed by atoms with E-state index in [1.165, 1.54) is 4.31 Å². The zero-order valence-corrected chi connectivity index (χ0v) is 10.8. The van der Waals surface area contributed by atoms with Gasteiger partial charge in [-0.3, -0.25) is 0 Å². The van der Waals surface area contributed by atoms with Gasteiger partial charge in [0.2, 0.25) is 10.0 Å². The lowest BCUT2D eigenvalue weighted by molar-refractivity contribution is 0.249. The molecule has 0 bridgehead atoms. The Morgan fingerprint density at radius 3 is 2.40 bits per heavy atom. The predicted octanol–water partition coefficient (Wildman–Crippen LogP) is 0.865. The van der Waals surface area contributed by atoms with Gasteiger partial charge in [-0.2, -0.15) is 0 Å². The van der Waals surface area contributed by atoms with Crippen molar-refractivity contribution in [2.24, 2.45) is 5.73 Å². The smallest absolute Gasteiger partial charge is 0.223 e. The molecule has 15 heavy (non-hydrogen) atoms. The van der Waals surface area contributed by atoms with E-state index >= 15 is 0 Å². The molecule has 0 aromatic carbocycles. The summed E-state index contributed by atoms with van der Waals surface area (Å²) in [5.74, 6) is 0. The number of thiocarbonyl (C=S) groups is 1. The van der Waals surface area contributed by atoms with Crippen molar-refractivity contribution in [3.8, 4) is 0 Å². The van der Waals surface area contributed by atoms with Crippen LogP contribution in [0, 0.1) is 0 Å². The van der Waals surface area contributed by atoms with E-state index in [-0.39, 0.29) is 11.0 Å². The Morgan fingerprint density at radius 1 is 1.60 bits per heavy atom. The third-order valence-corrected chi connectivity index (χ3v) is 5.88. The van der Waals surface area contributed by atoms with Gasteiger partial charge < -0.3 is 5.73 Å². The number of nitrogens with zero attached hydrogens (tertiary/aromatic N) is 1. The van der Waals surface area contributed by atoms with Gasteiger partial charge in [0, 0.05) is 13.1 Å². The van der Waals surface area contributed by atoms with Crippen molar-refractivity contribution >= 4 is 27.2 Å². The third-order valence-electron chi connectivity index (χ3n) is 3.04. The minimum absolute atomic E-state index is 0.0728. The van der Waals surface area contributed by atoms with Gasteiger partial charge in [-0.1, -0.05) is 25.6 Å². The van der Waals surface area contributed by atoms with Gasteiger partial charge in [0.1, 0.15) is 5.25 Å². The van der Waals surface area contributed by atoms with Crippen LogP contribution in [-0.2, 0) is 10.0 Å². The Balaban J connectivity index is 2.83. The molecular weight excluding hydrogens is 232 g/mol. The quantitative estimate of drug-likeness (QED) is 0.735. The first-order valence-electron chi connectivity index (χ1n) is 5.17. The fourth-order valence-corrected chi connectivity index (χ4v) is 3.99. The minimum atomic E-state index is -3.34. The van der Waals surface area contributed by atoms with E-state index in [2.05, 4.69) is 0 Å². The van der Waals surface area contributed by atoms with Gasteiger partial charge >= 0.3 is 0 Å². The van der Waals surface area contributed by atoms with Crippen LogP contribution in [0.5, 0.6) is 0 Å². The minimum Gasteiger partial charge on any atom is -0.392 e. The Hall–Kier alpha value is -0.200. The van der Waals surface area contributed by atoms with E-state index in [0.29, 0.717) is 6.42 Å². The van der Waals surface area contributed by atoms with Crippen LogP contribution in [0.3, 0.4) is 0 Å². The van der Waals surface area contributed by atoms with Gasteiger partial charge in [0.15, 0.2) is 0 Å². The maximum absolute atomic E-state index is 12.1. The summed E-state index contributed by atoms with van der Waals surface area (Å²) in [6.07, 6.45) is 3.44. The van der Waals surface area contributed by atoms with Crippen LogP contribution >= 0.6 is 12.2 Å². The van der Waals surface area contributed by atoms with Crippen LogP contribution in [0.2, 0.25) is 0 Å². The third kappa shape index (κ3) is 2.49. The van der Waals surface area contributed by atoms with Crippen molar-refractivity contribution in [1.82, 2.24) is 4.31 Å². The Labute approximate surface area is 96.9 Å². The molecule has 1 unspecified atom stereocenters. The average molecular weight is 250 g/mol. The standard InChI is InChI=1S/C9H18N2O2S2/c1-3-8(9(10)14)15(12,13)11(2)7-5-4-6-7/h7-8H,3-6H2,1-2H3,(H2,10,14). The number of sulfonamides is 1. The Bertz CT molecular complexity index is 336. The molecule has 1 atom stereocenters. The molecule has 0 aromatic heterocycles. The molecule has 4 nitrogen and oxygen atoms in total. The molecule has 88 valence electrons. The summed E-state index contributed by atoms with van der Waals surface area (Å²) in [6.45, 7) is 1.79. The van der Waals surface area contributed by atoms with E-state index < -0.39 is 15.3 Å². The maximum Gasteiger partial charge on any atom is 0.223 e. The summed E-state index contributed by atoms with van der Waals surface area (Å²) in [4.78, 5) is 0.0728. The van der Waals surface area contributed by atoms with Crippen molar-refractivity contribution in [3.63, 3.8) is 0 Å². The predicted molar refractivity (Wildman–Crippen MR) is 65.2 cm³/mol. The molecule has 0 saturated heterocycles. The van der Waals surface area contributed by atoms with Gasteiger partial charge in [0.05, 0.1) is 4.99 Å². The van der Waals surface area contributed by atoms with Gasteiger partial charge in [-0.05, 0) is 19.3 Å². The molecule has 0 aromatic rings. The molecule has 0 amide bonds. The molecule has 0 spiro atoms. The highest BCUT2D eigenvalue weighted by atomic mass is 32.2. The summed E-state index contributed by atoms with van der Waals surface area (Å²) < 4.78 is 25.6. The van der Waals surface area contributed by atoms with Crippen molar-refractivity contribution in [2.45, 2.75) is 43.9 Å². The van der Waals surface area contributed by atoms with E-state index in [1.807, 2.05) is 0 Å². The topological polar surface area (TPSA) is 63.4 Å². The summed E-state index contributed by atoms with van der Waals surface area (Å²) in [5.41, 5.74) is 5.46. The molecule has 1 saturated carbocycles. The van der Waals surface area contributed by atoms with Gasteiger partial charge in [-0.15, -0.1) is 0 Å². The summed E-state index contributed by atoms with van der Waals surface area (Å²) in [6, 6.07) is 0.151. The molecule has 0 aliphatic heterocycles. The molecule has 6 heteroatoms. The second-order valence-electron chi connectivity index (χ2n) is 3.95. The molecule has 1 aliphatic rings. The van der Waals surface area contributed by atoms with Crippen molar-refractivity contribution in [1.29, 1.82) is 0 Å². The first-order valence-corrected chi connectivity index (χ1v) is 7.08. The molecule has 2 N–H and O–H groups in total. The largest absolute Gasteiger partial charge is 0.392 e. The van der Waals surface area contributed by atoms with Crippen LogP contribution in [-0.4, -0.2) is 36.1 Å². The average Bonchev–Trinajstić information content (AvgIpc) is 2.00. The van der Waals surface area contributed by atoms with Crippen LogP contribution < -0.4 is 5.73 Å². The summed E-state index contributed by atoms with van der Waals surface area (Å²) in [5, 5.41) is -0.710. The summed E-state index contributed by atoms with van der Waals surface area (Å²) >= 11 is 4.80. The first-order chi connectivity index (χ1) is 6.91. The molecule has 0 radical (unpaired) electrons. The van der Waals surface area contributed by atoms with Crippen LogP contribution in [0.15, 0.2) is 0 Å². The normalized spacial score (nSPS) is 19.9. The van der Waals surface area contributed by atoms with E-state index in [4.69, 9.17) is 18.0 Å². The zero-order valence-electron chi connectivity index (χ0n) is 9.14. The fourth-order valence-electron chi connectivity index (χ4n) is 1.72. The molecule has 0 heterocycles. The lowest BCUT2D eigenvalue weighted by Crippen LogP contribution is -2.48. The number of nitrogens with two attached hydrogens (primary N) is 1. The Morgan fingerprint density at radius 2 is 2.13 bits per heavy atom. The lowest BCUT2D eigenvalue weighted by atomic mass is 9.94. The molecule has 1 aliphatic carbocycles. The van der Waals surface area contributed by atoms with E-state index in [9.17, 15) is 8.42 Å². The molecule has 1 fully saturated rings. The van der Waals surface area contributed by atoms with Gasteiger partial charge in [-0.25, -0.2) is 12.7 Å². The Kier molecular flexibility index (Phi) is 4.08. The number of hydrogen-bond acceptors (Lipinski definition) is 3. The number of rotatable bonds is 5.